The van der Waals surface area contributed by atoms with Crippen LogP contribution in [0.2, 0.25) is 0 Å². The number of hydroxylamine groups is 2. The number of hydrogen-bond donors (Lipinski definition) is 0. The van der Waals surface area contributed by atoms with E-state index in [9.17, 15) is 5.21 Å². The van der Waals surface area contributed by atoms with E-state index in [1.165, 1.54) is 5.06 Å². The second-order valence-electron chi connectivity index (χ2n) is 9.29. The third kappa shape index (κ3) is 2.22. The Bertz CT molecular complexity index is 285. The fourth-order valence-corrected chi connectivity index (χ4v) is 4.93. The first-order chi connectivity index (χ1) is 7.64. The van der Waals surface area contributed by atoms with E-state index in [0.29, 0.717) is 11.8 Å². The molecule has 2 atom stereocenters. The van der Waals surface area contributed by atoms with E-state index >= 15 is 0 Å². The van der Waals surface area contributed by atoms with Crippen molar-refractivity contribution >= 4 is 0 Å². The molecule has 1 aliphatic heterocycles. The molecule has 0 aliphatic carbocycles. The van der Waals surface area contributed by atoms with E-state index in [-0.39, 0.29) is 21.9 Å². The highest BCUT2D eigenvalue weighted by atomic mass is 16.5. The van der Waals surface area contributed by atoms with Crippen molar-refractivity contribution in [3.63, 3.8) is 0 Å². The van der Waals surface area contributed by atoms with Gasteiger partial charge in [-0.25, -0.2) is 0 Å². The molecule has 2 nitrogen and oxygen atoms in total. The summed E-state index contributed by atoms with van der Waals surface area (Å²) in [6.07, 6.45) is 0. The van der Waals surface area contributed by atoms with Crippen LogP contribution in [0.25, 0.3) is 0 Å². The standard InChI is InChI=1S/C16H32NO/c1-13(2,3)11-12(14(4,5)6)16(9,10)17(18)15(11,7)8/h11-12H,1-10H3. The van der Waals surface area contributed by atoms with Crippen LogP contribution in [-0.4, -0.2) is 16.1 Å². The molecule has 1 radical (unpaired) electrons. The first-order valence-corrected chi connectivity index (χ1v) is 7.12. The van der Waals surface area contributed by atoms with Gasteiger partial charge in [0.1, 0.15) is 0 Å². The lowest BCUT2D eigenvalue weighted by atomic mass is 9.57. The highest BCUT2D eigenvalue weighted by Crippen LogP contribution is 2.60. The lowest BCUT2D eigenvalue weighted by molar-refractivity contribution is -0.255. The van der Waals surface area contributed by atoms with Crippen LogP contribution in [0, 0.1) is 22.7 Å². The average Bonchev–Trinajstić information content (AvgIpc) is 2.20. The summed E-state index contributed by atoms with van der Waals surface area (Å²) in [5.74, 6) is 0.773. The minimum atomic E-state index is -0.306. The fraction of sp³-hybridized carbons (Fsp3) is 1.00. The van der Waals surface area contributed by atoms with E-state index in [2.05, 4.69) is 69.2 Å². The molecule has 18 heavy (non-hydrogen) atoms. The van der Waals surface area contributed by atoms with Crippen molar-refractivity contribution in [2.24, 2.45) is 22.7 Å². The predicted molar refractivity (Wildman–Crippen MR) is 76.6 cm³/mol. The SMILES string of the molecule is CC(C)(C)C1C(C(C)(C)C)C(C)(C)N([O])C1(C)C. The van der Waals surface area contributed by atoms with Crippen molar-refractivity contribution < 1.29 is 5.21 Å². The van der Waals surface area contributed by atoms with Crippen LogP contribution in [0.5, 0.6) is 0 Å². The summed E-state index contributed by atoms with van der Waals surface area (Å²) < 4.78 is 0. The van der Waals surface area contributed by atoms with Gasteiger partial charge in [0, 0.05) is 11.1 Å². The second-order valence-corrected chi connectivity index (χ2v) is 9.29. The van der Waals surface area contributed by atoms with Crippen molar-refractivity contribution in [3.8, 4) is 0 Å². The van der Waals surface area contributed by atoms with E-state index in [0.717, 1.165) is 0 Å². The van der Waals surface area contributed by atoms with Gasteiger partial charge in [0.15, 0.2) is 0 Å². The summed E-state index contributed by atoms with van der Waals surface area (Å²) in [5, 5.41) is 14.1. The Morgan fingerprint density at radius 1 is 0.722 bits per heavy atom. The lowest BCUT2D eigenvalue weighted by Crippen LogP contribution is -2.48. The van der Waals surface area contributed by atoms with Crippen LogP contribution in [0.15, 0.2) is 0 Å². The Morgan fingerprint density at radius 3 is 1.11 bits per heavy atom. The van der Waals surface area contributed by atoms with Gasteiger partial charge in [-0.3, -0.25) is 0 Å². The molecule has 0 saturated carbocycles. The summed E-state index contributed by atoms with van der Waals surface area (Å²) in [5.41, 5.74) is -0.338. The largest absolute Gasteiger partial charge is 0.143 e. The van der Waals surface area contributed by atoms with E-state index in [4.69, 9.17) is 0 Å². The maximum atomic E-state index is 12.8. The van der Waals surface area contributed by atoms with Crippen molar-refractivity contribution in [1.82, 2.24) is 5.06 Å². The monoisotopic (exact) mass is 254 g/mol. The van der Waals surface area contributed by atoms with Gasteiger partial charge >= 0.3 is 0 Å². The quantitative estimate of drug-likeness (QED) is 0.623. The normalized spacial score (nSPS) is 32.8. The van der Waals surface area contributed by atoms with E-state index in [1.807, 2.05) is 0 Å². The summed E-state index contributed by atoms with van der Waals surface area (Å²) in [7, 11) is 0. The molecule has 0 bridgehead atoms. The second kappa shape index (κ2) is 3.96. The molecule has 1 heterocycles. The minimum absolute atomic E-state index is 0.137. The van der Waals surface area contributed by atoms with Crippen molar-refractivity contribution in [3.05, 3.63) is 0 Å². The summed E-state index contributed by atoms with van der Waals surface area (Å²) in [4.78, 5) is 0. The van der Waals surface area contributed by atoms with E-state index in [1.54, 1.807) is 0 Å². The van der Waals surface area contributed by atoms with Gasteiger partial charge in [0.05, 0.1) is 0 Å². The molecule has 0 aromatic heterocycles. The fourth-order valence-electron chi connectivity index (χ4n) is 4.93. The molecule has 1 aliphatic rings. The van der Waals surface area contributed by atoms with Gasteiger partial charge in [0.25, 0.3) is 0 Å². The molecule has 0 aromatic rings. The molecule has 1 rings (SSSR count). The van der Waals surface area contributed by atoms with Gasteiger partial charge in [0.2, 0.25) is 0 Å². The molecule has 2 unspecified atom stereocenters. The summed E-state index contributed by atoms with van der Waals surface area (Å²) in [6.45, 7) is 22.1. The molecule has 1 saturated heterocycles. The molecule has 0 N–H and O–H groups in total. The van der Waals surface area contributed by atoms with E-state index < -0.39 is 0 Å². The van der Waals surface area contributed by atoms with Gasteiger partial charge in [-0.15, -0.1) is 10.3 Å². The molecule has 0 aromatic carbocycles. The van der Waals surface area contributed by atoms with Crippen LogP contribution >= 0.6 is 0 Å². The average molecular weight is 254 g/mol. The molecule has 107 valence electrons. The molecule has 2 heteroatoms. The predicted octanol–water partition coefficient (Wildman–Crippen LogP) is 4.53. The Labute approximate surface area is 114 Å². The summed E-state index contributed by atoms with van der Waals surface area (Å²) >= 11 is 0. The number of rotatable bonds is 0. The highest BCUT2D eigenvalue weighted by molar-refractivity contribution is 5.13. The number of nitrogens with zero attached hydrogens (tertiary/aromatic N) is 1. The van der Waals surface area contributed by atoms with Crippen molar-refractivity contribution in [2.45, 2.75) is 80.3 Å². The third-order valence-electron chi connectivity index (χ3n) is 4.77. The molecular formula is C16H32NO. The lowest BCUT2D eigenvalue weighted by Gasteiger charge is -2.46. The van der Waals surface area contributed by atoms with Gasteiger partial charge in [-0.05, 0) is 50.4 Å². The zero-order valence-electron chi connectivity index (χ0n) is 14.0. The molecule has 0 amide bonds. The first-order valence-electron chi connectivity index (χ1n) is 7.12. The zero-order chi connectivity index (χ0) is 14.7. The van der Waals surface area contributed by atoms with Gasteiger partial charge in [-0.1, -0.05) is 41.5 Å². The van der Waals surface area contributed by atoms with Crippen molar-refractivity contribution in [2.75, 3.05) is 0 Å². The van der Waals surface area contributed by atoms with Crippen LogP contribution in [0.4, 0.5) is 0 Å². The third-order valence-corrected chi connectivity index (χ3v) is 4.77. The Morgan fingerprint density at radius 2 is 0.944 bits per heavy atom. The van der Waals surface area contributed by atoms with Crippen LogP contribution in [0.3, 0.4) is 0 Å². The van der Waals surface area contributed by atoms with Crippen molar-refractivity contribution in [1.29, 1.82) is 0 Å². The topological polar surface area (TPSA) is 23.1 Å². The smallest absolute Gasteiger partial charge is 0.0480 e. The summed E-state index contributed by atoms with van der Waals surface area (Å²) in [6, 6.07) is 0. The first kappa shape index (κ1) is 16.0. The maximum absolute atomic E-state index is 12.8. The van der Waals surface area contributed by atoms with Crippen LogP contribution in [-0.2, 0) is 5.21 Å². The maximum Gasteiger partial charge on any atom is 0.0480 e. The zero-order valence-corrected chi connectivity index (χ0v) is 14.0. The molecule has 0 spiro atoms. The Kier molecular flexibility index (Phi) is 3.51. The van der Waals surface area contributed by atoms with Crippen LogP contribution in [0.1, 0.15) is 69.2 Å². The Hall–Kier alpha value is -0.0800. The van der Waals surface area contributed by atoms with Gasteiger partial charge in [-0.2, -0.15) is 0 Å². The van der Waals surface area contributed by atoms with Gasteiger partial charge < -0.3 is 0 Å². The van der Waals surface area contributed by atoms with Crippen LogP contribution < -0.4 is 0 Å². The molecular weight excluding hydrogens is 222 g/mol. The Balaban J connectivity index is 3.44. The highest BCUT2D eigenvalue weighted by Gasteiger charge is 2.64. The molecule has 1 fully saturated rings. The minimum Gasteiger partial charge on any atom is -0.143 e. The number of hydrogen-bond acceptors (Lipinski definition) is 1.